The van der Waals surface area contributed by atoms with E-state index in [9.17, 15) is 4.79 Å². The summed E-state index contributed by atoms with van der Waals surface area (Å²) in [5.74, 6) is 3.07. The van der Waals surface area contributed by atoms with Crippen molar-refractivity contribution in [1.82, 2.24) is 20.1 Å². The van der Waals surface area contributed by atoms with Gasteiger partial charge in [-0.1, -0.05) is 44.9 Å². The Kier molecular flexibility index (Phi) is 6.73. The molecule has 2 rings (SSSR count). The van der Waals surface area contributed by atoms with Crippen LogP contribution in [0.5, 0.6) is 0 Å². The Balaban J connectivity index is 1.75. The summed E-state index contributed by atoms with van der Waals surface area (Å²) in [5, 5.41) is 12.5. The van der Waals surface area contributed by atoms with Crippen molar-refractivity contribution in [2.24, 2.45) is 18.9 Å². The maximum absolute atomic E-state index is 12.1. The predicted octanol–water partition coefficient (Wildman–Crippen LogP) is 2.80. The van der Waals surface area contributed by atoms with Crippen LogP contribution >= 0.6 is 11.8 Å². The van der Waals surface area contributed by atoms with Gasteiger partial charge in [0.1, 0.15) is 5.82 Å². The molecule has 6 heteroatoms. The van der Waals surface area contributed by atoms with E-state index in [-0.39, 0.29) is 11.8 Å². The highest BCUT2D eigenvalue weighted by Gasteiger charge is 2.20. The molecule has 1 N–H and O–H groups in total. The first-order valence-corrected chi connectivity index (χ1v) is 9.35. The molecule has 0 aromatic carbocycles. The average molecular weight is 324 g/mol. The lowest BCUT2D eigenvalue weighted by Crippen LogP contribution is -2.33. The van der Waals surface area contributed by atoms with Gasteiger partial charge in [-0.05, 0) is 18.8 Å². The minimum atomic E-state index is 0.219. The zero-order valence-corrected chi connectivity index (χ0v) is 14.8. The minimum Gasteiger partial charge on any atom is -0.355 e. The van der Waals surface area contributed by atoms with Gasteiger partial charge < -0.3 is 9.88 Å². The molecule has 1 amide bonds. The molecule has 0 unspecified atom stereocenters. The molecule has 0 radical (unpaired) electrons. The maximum Gasteiger partial charge on any atom is 0.223 e. The molecular formula is C16H28N4OS. The van der Waals surface area contributed by atoms with Crippen LogP contribution in [0.2, 0.25) is 0 Å². The van der Waals surface area contributed by atoms with Crippen molar-refractivity contribution in [2.75, 3.05) is 12.3 Å². The summed E-state index contributed by atoms with van der Waals surface area (Å²) in [4.78, 5) is 12.1. The lowest BCUT2D eigenvalue weighted by Gasteiger charge is -2.20. The Labute approximate surface area is 137 Å². The van der Waals surface area contributed by atoms with E-state index >= 15 is 0 Å². The largest absolute Gasteiger partial charge is 0.355 e. The summed E-state index contributed by atoms with van der Waals surface area (Å²) in [6.07, 6.45) is 6.50. The first-order valence-electron chi connectivity index (χ1n) is 8.36. The highest BCUT2D eigenvalue weighted by Crippen LogP contribution is 2.23. The van der Waals surface area contributed by atoms with Crippen molar-refractivity contribution in [3.63, 3.8) is 0 Å². The maximum atomic E-state index is 12.1. The van der Waals surface area contributed by atoms with Crippen LogP contribution in [-0.4, -0.2) is 33.0 Å². The van der Waals surface area contributed by atoms with Crippen LogP contribution in [0.25, 0.3) is 0 Å². The number of aromatic nitrogens is 3. The summed E-state index contributed by atoms with van der Waals surface area (Å²) < 4.78 is 2.04. The van der Waals surface area contributed by atoms with Crippen molar-refractivity contribution in [1.29, 1.82) is 0 Å². The van der Waals surface area contributed by atoms with Crippen LogP contribution < -0.4 is 5.32 Å². The van der Waals surface area contributed by atoms with Gasteiger partial charge in [-0.3, -0.25) is 4.79 Å². The molecule has 5 nitrogen and oxygen atoms in total. The average Bonchev–Trinajstić information content (AvgIpc) is 2.86. The molecule has 0 atom stereocenters. The Morgan fingerprint density at radius 2 is 2.05 bits per heavy atom. The fourth-order valence-electron chi connectivity index (χ4n) is 2.74. The Morgan fingerprint density at radius 1 is 1.32 bits per heavy atom. The van der Waals surface area contributed by atoms with Gasteiger partial charge in [-0.25, -0.2) is 0 Å². The van der Waals surface area contributed by atoms with Gasteiger partial charge in [0.15, 0.2) is 5.16 Å². The fourth-order valence-corrected chi connectivity index (χ4v) is 3.62. The number of carbonyl (C=O) groups excluding carboxylic acids is 1. The van der Waals surface area contributed by atoms with E-state index in [4.69, 9.17) is 0 Å². The molecule has 124 valence electrons. The zero-order valence-electron chi connectivity index (χ0n) is 14.0. The molecular weight excluding hydrogens is 296 g/mol. The Bertz CT molecular complexity index is 480. The minimum absolute atomic E-state index is 0.219. The van der Waals surface area contributed by atoms with Gasteiger partial charge in [0.25, 0.3) is 0 Å². The van der Waals surface area contributed by atoms with Crippen LogP contribution in [-0.2, 0) is 18.3 Å². The van der Waals surface area contributed by atoms with Gasteiger partial charge in [0, 0.05) is 31.7 Å². The van der Waals surface area contributed by atoms with E-state index in [1.165, 1.54) is 19.3 Å². The lowest BCUT2D eigenvalue weighted by molar-refractivity contribution is -0.125. The summed E-state index contributed by atoms with van der Waals surface area (Å²) in [7, 11) is 2.00. The first-order chi connectivity index (χ1) is 10.6. The van der Waals surface area contributed by atoms with Crippen molar-refractivity contribution < 1.29 is 4.79 Å². The monoisotopic (exact) mass is 324 g/mol. The second-order valence-electron chi connectivity index (χ2n) is 6.54. The third kappa shape index (κ3) is 5.00. The van der Waals surface area contributed by atoms with Gasteiger partial charge in [0.05, 0.1) is 0 Å². The summed E-state index contributed by atoms with van der Waals surface area (Å²) in [5.41, 5.74) is 0. The quantitative estimate of drug-likeness (QED) is 0.784. The van der Waals surface area contributed by atoms with Crippen LogP contribution in [0.15, 0.2) is 5.16 Å². The SMILES string of the molecule is CC(C)CSc1nnc(CCNC(=O)C2CCCCC2)n1C. The van der Waals surface area contributed by atoms with E-state index in [0.717, 1.165) is 36.0 Å². The Morgan fingerprint density at radius 3 is 2.73 bits per heavy atom. The summed E-state index contributed by atoms with van der Waals surface area (Å²) >= 11 is 1.74. The van der Waals surface area contributed by atoms with Gasteiger partial charge in [0.2, 0.25) is 5.91 Å². The van der Waals surface area contributed by atoms with Gasteiger partial charge >= 0.3 is 0 Å². The molecule has 0 bridgehead atoms. The molecule has 0 spiro atoms. The number of carbonyl (C=O) groups is 1. The number of amides is 1. The normalized spacial score (nSPS) is 16.2. The summed E-state index contributed by atoms with van der Waals surface area (Å²) in [6.45, 7) is 5.05. The number of nitrogens with zero attached hydrogens (tertiary/aromatic N) is 3. The van der Waals surface area contributed by atoms with Crippen LogP contribution in [0.1, 0.15) is 51.8 Å². The molecule has 1 aliphatic rings. The number of thioether (sulfide) groups is 1. The van der Waals surface area contributed by atoms with E-state index in [0.29, 0.717) is 12.5 Å². The number of nitrogens with one attached hydrogen (secondary N) is 1. The summed E-state index contributed by atoms with van der Waals surface area (Å²) in [6, 6.07) is 0. The predicted molar refractivity (Wildman–Crippen MR) is 89.9 cm³/mol. The molecule has 0 aliphatic heterocycles. The molecule has 1 fully saturated rings. The molecule has 1 saturated carbocycles. The number of hydrogen-bond donors (Lipinski definition) is 1. The van der Waals surface area contributed by atoms with Crippen molar-refractivity contribution in [3.8, 4) is 0 Å². The molecule has 1 aromatic rings. The highest BCUT2D eigenvalue weighted by atomic mass is 32.2. The fraction of sp³-hybridized carbons (Fsp3) is 0.812. The zero-order chi connectivity index (χ0) is 15.9. The molecule has 1 heterocycles. The van der Waals surface area contributed by atoms with Gasteiger partial charge in [-0.15, -0.1) is 10.2 Å². The molecule has 0 saturated heterocycles. The second-order valence-corrected chi connectivity index (χ2v) is 7.53. The van der Waals surface area contributed by atoms with Crippen molar-refractivity contribution in [2.45, 2.75) is 57.5 Å². The molecule has 22 heavy (non-hydrogen) atoms. The third-order valence-electron chi connectivity index (χ3n) is 4.09. The van der Waals surface area contributed by atoms with Crippen LogP contribution in [0.3, 0.4) is 0 Å². The van der Waals surface area contributed by atoms with Gasteiger partial charge in [-0.2, -0.15) is 0 Å². The molecule has 1 aromatic heterocycles. The number of rotatable bonds is 7. The van der Waals surface area contributed by atoms with Crippen LogP contribution in [0, 0.1) is 11.8 Å². The smallest absolute Gasteiger partial charge is 0.223 e. The van der Waals surface area contributed by atoms with E-state index in [2.05, 4.69) is 29.4 Å². The molecule has 1 aliphatic carbocycles. The third-order valence-corrected chi connectivity index (χ3v) is 5.54. The second kappa shape index (κ2) is 8.56. The first kappa shape index (κ1) is 17.3. The van der Waals surface area contributed by atoms with E-state index in [1.807, 2.05) is 11.6 Å². The van der Waals surface area contributed by atoms with Crippen molar-refractivity contribution >= 4 is 17.7 Å². The van der Waals surface area contributed by atoms with Crippen LogP contribution in [0.4, 0.5) is 0 Å². The number of hydrogen-bond acceptors (Lipinski definition) is 4. The lowest BCUT2D eigenvalue weighted by atomic mass is 9.89. The topological polar surface area (TPSA) is 59.8 Å². The standard InChI is InChI=1S/C16H28N4OS/c1-12(2)11-22-16-19-18-14(20(16)3)9-10-17-15(21)13-7-5-4-6-8-13/h12-13H,4-11H2,1-3H3,(H,17,21). The van der Waals surface area contributed by atoms with Crippen molar-refractivity contribution in [3.05, 3.63) is 5.82 Å². The Hall–Kier alpha value is -1.04. The highest BCUT2D eigenvalue weighted by molar-refractivity contribution is 7.99. The van der Waals surface area contributed by atoms with E-state index in [1.54, 1.807) is 11.8 Å². The van der Waals surface area contributed by atoms with E-state index < -0.39 is 0 Å².